The van der Waals surface area contributed by atoms with E-state index >= 15 is 0 Å². The average Bonchev–Trinajstić information content (AvgIpc) is 2.05. The molecule has 1 amide bonds. The Balaban J connectivity index is 2.80. The molecule has 0 aromatic heterocycles. The van der Waals surface area contributed by atoms with E-state index < -0.39 is 11.1 Å². The molecular weight excluding hydrogens is 182 g/mol. The second-order valence-electron chi connectivity index (χ2n) is 2.51. The first-order valence-electron chi connectivity index (χ1n) is 3.51. The van der Waals surface area contributed by atoms with Gasteiger partial charge in [0.05, 0.1) is 13.2 Å². The van der Waals surface area contributed by atoms with Crippen molar-refractivity contribution in [3.63, 3.8) is 0 Å². The number of morpholine rings is 1. The molecule has 4 nitrogen and oxygen atoms in total. The summed E-state index contributed by atoms with van der Waals surface area (Å²) >= 11 is 5.92. The topological polar surface area (TPSA) is 49.8 Å². The molecule has 1 unspecified atom stereocenters. The molecule has 0 aromatic carbocycles. The van der Waals surface area contributed by atoms with Crippen LogP contribution < -0.4 is 0 Å². The molecule has 0 aliphatic carbocycles. The van der Waals surface area contributed by atoms with E-state index in [9.17, 15) is 4.79 Å². The molecule has 1 fully saturated rings. The third kappa shape index (κ3) is 1.54. The molecule has 1 rings (SSSR count). The van der Waals surface area contributed by atoms with Gasteiger partial charge in [-0.05, 0) is 6.08 Å². The molecule has 1 N–H and O–H groups in total. The van der Waals surface area contributed by atoms with E-state index in [0.717, 1.165) is 4.90 Å². The van der Waals surface area contributed by atoms with E-state index in [4.69, 9.17) is 21.4 Å². The van der Waals surface area contributed by atoms with Gasteiger partial charge in [-0.1, -0.05) is 18.2 Å². The highest BCUT2D eigenvalue weighted by Crippen LogP contribution is 2.25. The van der Waals surface area contributed by atoms with E-state index in [0.29, 0.717) is 6.61 Å². The number of halogens is 1. The lowest BCUT2D eigenvalue weighted by atomic mass is 10.2. The Labute approximate surface area is 75.4 Å². The maximum absolute atomic E-state index is 10.7. The standard InChI is InChI=1S/C7H10ClNO3/c1-2-7(8)5-12-4-3-9(7)6(10)11/h2H,1,3-5H2,(H,10,11). The number of nitrogens with zero attached hydrogens (tertiary/aromatic N) is 1. The molecule has 1 heterocycles. The maximum Gasteiger partial charge on any atom is 0.409 e. The molecule has 0 radical (unpaired) electrons. The summed E-state index contributed by atoms with van der Waals surface area (Å²) in [5, 5.41) is 8.74. The second-order valence-corrected chi connectivity index (χ2v) is 3.16. The average molecular weight is 192 g/mol. The van der Waals surface area contributed by atoms with Crippen LogP contribution in [0.5, 0.6) is 0 Å². The lowest BCUT2D eigenvalue weighted by Crippen LogP contribution is -2.54. The van der Waals surface area contributed by atoms with Crippen molar-refractivity contribution >= 4 is 17.7 Å². The number of hydrogen-bond acceptors (Lipinski definition) is 2. The number of rotatable bonds is 1. The Morgan fingerprint density at radius 1 is 1.83 bits per heavy atom. The molecule has 12 heavy (non-hydrogen) atoms. The van der Waals surface area contributed by atoms with E-state index in [-0.39, 0.29) is 13.2 Å². The van der Waals surface area contributed by atoms with Crippen LogP contribution >= 0.6 is 11.6 Å². The Kier molecular flexibility index (Phi) is 2.59. The van der Waals surface area contributed by atoms with Gasteiger partial charge in [-0.15, -0.1) is 0 Å². The zero-order valence-electron chi connectivity index (χ0n) is 6.49. The number of alkyl halides is 1. The van der Waals surface area contributed by atoms with Gasteiger partial charge in [-0.2, -0.15) is 0 Å². The third-order valence-corrected chi connectivity index (χ3v) is 2.22. The van der Waals surface area contributed by atoms with Crippen LogP contribution in [0.25, 0.3) is 0 Å². The number of ether oxygens (including phenoxy) is 1. The zero-order chi connectivity index (χ0) is 9.19. The molecule has 0 saturated carbocycles. The molecule has 0 spiro atoms. The molecule has 0 bridgehead atoms. The predicted octanol–water partition coefficient (Wildman–Crippen LogP) is 1.12. The van der Waals surface area contributed by atoms with Crippen molar-refractivity contribution in [3.05, 3.63) is 12.7 Å². The summed E-state index contributed by atoms with van der Waals surface area (Å²) in [5.41, 5.74) is 0. The van der Waals surface area contributed by atoms with Crippen LogP contribution in [0.4, 0.5) is 4.79 Å². The second kappa shape index (κ2) is 3.33. The largest absolute Gasteiger partial charge is 0.465 e. The minimum atomic E-state index is -1.09. The maximum atomic E-state index is 10.7. The van der Waals surface area contributed by atoms with Gasteiger partial charge in [0, 0.05) is 6.54 Å². The third-order valence-electron chi connectivity index (χ3n) is 1.76. The van der Waals surface area contributed by atoms with Gasteiger partial charge in [0.1, 0.15) is 0 Å². The number of carbonyl (C=O) groups is 1. The monoisotopic (exact) mass is 191 g/mol. The quantitative estimate of drug-likeness (QED) is 0.384. The zero-order valence-corrected chi connectivity index (χ0v) is 7.25. The SMILES string of the molecule is C=CC1(Cl)COCCN1C(=O)O. The molecule has 0 aromatic rings. The van der Waals surface area contributed by atoms with Crippen LogP contribution in [-0.2, 0) is 4.74 Å². The number of hydrogen-bond donors (Lipinski definition) is 1. The Hall–Kier alpha value is -0.740. The van der Waals surface area contributed by atoms with Crippen LogP contribution in [0.3, 0.4) is 0 Å². The van der Waals surface area contributed by atoms with Crippen molar-refractivity contribution in [3.8, 4) is 0 Å². The van der Waals surface area contributed by atoms with Crippen molar-refractivity contribution < 1.29 is 14.6 Å². The first kappa shape index (κ1) is 9.35. The lowest BCUT2D eigenvalue weighted by Gasteiger charge is -2.38. The van der Waals surface area contributed by atoms with Crippen LogP contribution in [0.1, 0.15) is 0 Å². The fourth-order valence-corrected chi connectivity index (χ4v) is 1.29. The lowest BCUT2D eigenvalue weighted by molar-refractivity contribution is -0.000237. The van der Waals surface area contributed by atoms with Gasteiger partial charge < -0.3 is 9.84 Å². The van der Waals surface area contributed by atoms with Crippen molar-refractivity contribution in [2.75, 3.05) is 19.8 Å². The van der Waals surface area contributed by atoms with E-state index in [2.05, 4.69) is 6.58 Å². The van der Waals surface area contributed by atoms with Crippen molar-refractivity contribution in [2.45, 2.75) is 5.00 Å². The van der Waals surface area contributed by atoms with Crippen LogP contribution in [-0.4, -0.2) is 40.9 Å². The molecule has 1 aliphatic rings. The van der Waals surface area contributed by atoms with Crippen molar-refractivity contribution in [1.29, 1.82) is 0 Å². The van der Waals surface area contributed by atoms with E-state index in [1.165, 1.54) is 6.08 Å². The minimum absolute atomic E-state index is 0.157. The van der Waals surface area contributed by atoms with E-state index in [1.54, 1.807) is 0 Å². The highest BCUT2D eigenvalue weighted by Gasteiger charge is 2.38. The summed E-state index contributed by atoms with van der Waals surface area (Å²) in [7, 11) is 0. The summed E-state index contributed by atoms with van der Waals surface area (Å²) in [6, 6.07) is 0. The van der Waals surface area contributed by atoms with Gasteiger partial charge >= 0.3 is 6.09 Å². The molecule has 1 saturated heterocycles. The summed E-state index contributed by atoms with van der Waals surface area (Å²) < 4.78 is 5.05. The van der Waals surface area contributed by atoms with Gasteiger partial charge in [0.2, 0.25) is 0 Å². The minimum Gasteiger partial charge on any atom is -0.465 e. The Bertz CT molecular complexity index is 209. The molecular formula is C7H10ClNO3. The summed E-state index contributed by atoms with van der Waals surface area (Å²) in [4.78, 5) is 10.7. The fraction of sp³-hybridized carbons (Fsp3) is 0.571. The van der Waals surface area contributed by atoms with Crippen molar-refractivity contribution in [1.82, 2.24) is 4.90 Å². The van der Waals surface area contributed by atoms with Gasteiger partial charge in [0.25, 0.3) is 0 Å². The normalized spacial score (nSPS) is 29.9. The Morgan fingerprint density at radius 2 is 2.50 bits per heavy atom. The predicted molar refractivity (Wildman–Crippen MR) is 44.3 cm³/mol. The van der Waals surface area contributed by atoms with Crippen molar-refractivity contribution in [2.24, 2.45) is 0 Å². The van der Waals surface area contributed by atoms with Gasteiger partial charge in [0.15, 0.2) is 5.00 Å². The summed E-state index contributed by atoms with van der Waals surface area (Å²) in [6.45, 7) is 4.30. The Morgan fingerprint density at radius 3 is 2.92 bits per heavy atom. The molecule has 5 heteroatoms. The molecule has 1 aliphatic heterocycles. The number of carboxylic acid groups (broad SMARTS) is 1. The molecule has 68 valence electrons. The van der Waals surface area contributed by atoms with Gasteiger partial charge in [-0.25, -0.2) is 4.79 Å². The first-order valence-corrected chi connectivity index (χ1v) is 3.89. The van der Waals surface area contributed by atoms with E-state index in [1.807, 2.05) is 0 Å². The van der Waals surface area contributed by atoms with Crippen LogP contribution in [0.2, 0.25) is 0 Å². The van der Waals surface area contributed by atoms with Crippen LogP contribution in [0, 0.1) is 0 Å². The smallest absolute Gasteiger partial charge is 0.409 e. The van der Waals surface area contributed by atoms with Gasteiger partial charge in [-0.3, -0.25) is 4.90 Å². The molecule has 1 atom stereocenters. The number of amides is 1. The highest BCUT2D eigenvalue weighted by atomic mass is 35.5. The highest BCUT2D eigenvalue weighted by molar-refractivity contribution is 6.25. The first-order chi connectivity index (χ1) is 5.60. The van der Waals surface area contributed by atoms with Crippen LogP contribution in [0.15, 0.2) is 12.7 Å². The summed E-state index contributed by atoms with van der Waals surface area (Å²) in [5.74, 6) is 0. The summed E-state index contributed by atoms with van der Waals surface area (Å²) in [6.07, 6.45) is 0.329. The fourth-order valence-electron chi connectivity index (χ4n) is 1.06.